The number of benzene rings is 1. The molecule has 14 heavy (non-hydrogen) atoms. The van der Waals surface area contributed by atoms with Gasteiger partial charge in [-0.1, -0.05) is 30.4 Å². The number of aryl methyl sites for hydroxylation is 1. The Balaban J connectivity index is 2.41. The van der Waals surface area contributed by atoms with Crippen LogP contribution in [-0.4, -0.2) is 4.98 Å². The Hall–Kier alpha value is -1.63. The molecule has 1 aliphatic carbocycles. The summed E-state index contributed by atoms with van der Waals surface area (Å²) in [6.45, 7) is 0. The molecule has 0 aliphatic heterocycles. The molecule has 0 bridgehead atoms. The second-order valence-electron chi connectivity index (χ2n) is 3.65. The van der Waals surface area contributed by atoms with E-state index in [-0.39, 0.29) is 0 Å². The van der Waals surface area contributed by atoms with Gasteiger partial charge in [0.05, 0.1) is 5.52 Å². The number of hydrogen-bond donors (Lipinski definition) is 0. The van der Waals surface area contributed by atoms with Crippen LogP contribution < -0.4 is 0 Å². The SMILES string of the molecule is C1=Cc2ccc3cccnc3c2CC1. The second-order valence-corrected chi connectivity index (χ2v) is 3.65. The Morgan fingerprint density at radius 3 is 3.14 bits per heavy atom. The van der Waals surface area contributed by atoms with Crippen LogP contribution >= 0.6 is 0 Å². The summed E-state index contributed by atoms with van der Waals surface area (Å²) >= 11 is 0. The molecular formula is C13H11N. The van der Waals surface area contributed by atoms with E-state index in [1.165, 1.54) is 22.0 Å². The van der Waals surface area contributed by atoms with Gasteiger partial charge in [0.2, 0.25) is 0 Å². The lowest BCUT2D eigenvalue weighted by Crippen LogP contribution is -1.96. The van der Waals surface area contributed by atoms with Gasteiger partial charge in [0.1, 0.15) is 0 Å². The summed E-state index contributed by atoms with van der Waals surface area (Å²) in [5, 5.41) is 1.25. The molecule has 3 rings (SSSR count). The van der Waals surface area contributed by atoms with E-state index in [1.807, 2.05) is 12.3 Å². The predicted molar refractivity (Wildman–Crippen MR) is 59.1 cm³/mol. The van der Waals surface area contributed by atoms with Crippen LogP contribution in [0.1, 0.15) is 17.5 Å². The fourth-order valence-corrected chi connectivity index (χ4v) is 2.08. The molecule has 0 spiro atoms. The van der Waals surface area contributed by atoms with Gasteiger partial charge >= 0.3 is 0 Å². The number of fused-ring (bicyclic) bond motifs is 3. The Labute approximate surface area is 83.1 Å². The summed E-state index contributed by atoms with van der Waals surface area (Å²) < 4.78 is 0. The van der Waals surface area contributed by atoms with Gasteiger partial charge in [0, 0.05) is 11.6 Å². The van der Waals surface area contributed by atoms with Crippen molar-refractivity contribution in [1.82, 2.24) is 4.98 Å². The quantitative estimate of drug-likeness (QED) is 0.608. The number of hydrogen-bond acceptors (Lipinski definition) is 1. The first-order valence-corrected chi connectivity index (χ1v) is 4.98. The fourth-order valence-electron chi connectivity index (χ4n) is 2.08. The smallest absolute Gasteiger partial charge is 0.0739 e. The third-order valence-electron chi connectivity index (χ3n) is 2.77. The Kier molecular flexibility index (Phi) is 1.63. The first-order chi connectivity index (χ1) is 6.95. The van der Waals surface area contributed by atoms with Gasteiger partial charge in [-0.15, -0.1) is 0 Å². The third-order valence-corrected chi connectivity index (χ3v) is 2.77. The highest BCUT2D eigenvalue weighted by Crippen LogP contribution is 2.25. The highest BCUT2D eigenvalue weighted by Gasteiger charge is 2.08. The molecule has 1 heteroatoms. The zero-order chi connectivity index (χ0) is 9.38. The number of rotatable bonds is 0. The molecular weight excluding hydrogens is 170 g/mol. The van der Waals surface area contributed by atoms with Crippen molar-refractivity contribution in [2.24, 2.45) is 0 Å². The second kappa shape index (κ2) is 2.95. The average molecular weight is 181 g/mol. The summed E-state index contributed by atoms with van der Waals surface area (Å²) in [7, 11) is 0. The van der Waals surface area contributed by atoms with Crippen LogP contribution in [0.15, 0.2) is 36.5 Å². The molecule has 1 aromatic carbocycles. The van der Waals surface area contributed by atoms with Crippen molar-refractivity contribution >= 4 is 17.0 Å². The number of allylic oxidation sites excluding steroid dienone is 1. The molecule has 0 saturated heterocycles. The minimum Gasteiger partial charge on any atom is -0.256 e. The van der Waals surface area contributed by atoms with Crippen molar-refractivity contribution in [2.45, 2.75) is 12.8 Å². The van der Waals surface area contributed by atoms with E-state index in [0.717, 1.165) is 12.8 Å². The molecule has 1 nitrogen and oxygen atoms in total. The molecule has 0 amide bonds. The molecule has 68 valence electrons. The van der Waals surface area contributed by atoms with E-state index >= 15 is 0 Å². The molecule has 0 saturated carbocycles. The summed E-state index contributed by atoms with van der Waals surface area (Å²) in [5.74, 6) is 0. The lowest BCUT2D eigenvalue weighted by Gasteiger charge is -2.12. The lowest BCUT2D eigenvalue weighted by molar-refractivity contribution is 0.992. The van der Waals surface area contributed by atoms with Gasteiger partial charge < -0.3 is 0 Å². The zero-order valence-electron chi connectivity index (χ0n) is 7.90. The number of nitrogens with zero attached hydrogens (tertiary/aromatic N) is 1. The maximum absolute atomic E-state index is 4.46. The van der Waals surface area contributed by atoms with E-state index in [4.69, 9.17) is 0 Å². The van der Waals surface area contributed by atoms with Crippen LogP contribution in [0.25, 0.3) is 17.0 Å². The summed E-state index contributed by atoms with van der Waals surface area (Å²) in [4.78, 5) is 4.46. The topological polar surface area (TPSA) is 12.9 Å². The van der Waals surface area contributed by atoms with Crippen LogP contribution in [0.2, 0.25) is 0 Å². The van der Waals surface area contributed by atoms with Crippen molar-refractivity contribution in [3.8, 4) is 0 Å². The Morgan fingerprint density at radius 2 is 2.14 bits per heavy atom. The normalized spacial score (nSPS) is 14.3. The van der Waals surface area contributed by atoms with Crippen LogP contribution in [-0.2, 0) is 6.42 Å². The van der Waals surface area contributed by atoms with E-state index in [1.54, 1.807) is 0 Å². The lowest BCUT2D eigenvalue weighted by atomic mass is 9.95. The maximum atomic E-state index is 4.46. The van der Waals surface area contributed by atoms with Crippen molar-refractivity contribution in [1.29, 1.82) is 0 Å². The minimum atomic E-state index is 1.13. The fraction of sp³-hybridized carbons (Fsp3) is 0.154. The van der Waals surface area contributed by atoms with Gasteiger partial charge in [0.15, 0.2) is 0 Å². The van der Waals surface area contributed by atoms with Crippen molar-refractivity contribution in [2.75, 3.05) is 0 Å². The standard InChI is InChI=1S/C13H11N/c1-2-6-12-10(4-1)7-8-11-5-3-9-14-13(11)12/h1,3-5,7-9H,2,6H2. The highest BCUT2D eigenvalue weighted by molar-refractivity contribution is 5.85. The van der Waals surface area contributed by atoms with Crippen molar-refractivity contribution < 1.29 is 0 Å². The van der Waals surface area contributed by atoms with Gasteiger partial charge in [-0.2, -0.15) is 0 Å². The van der Waals surface area contributed by atoms with E-state index in [2.05, 4.69) is 35.3 Å². The first-order valence-electron chi connectivity index (χ1n) is 4.98. The molecule has 1 aliphatic rings. The predicted octanol–water partition coefficient (Wildman–Crippen LogP) is 3.19. The molecule has 0 fully saturated rings. The van der Waals surface area contributed by atoms with E-state index in [0.29, 0.717) is 0 Å². The number of aromatic nitrogens is 1. The van der Waals surface area contributed by atoms with Crippen molar-refractivity contribution in [3.63, 3.8) is 0 Å². The van der Waals surface area contributed by atoms with Gasteiger partial charge in [-0.05, 0) is 30.0 Å². The number of pyridine rings is 1. The molecule has 0 N–H and O–H groups in total. The van der Waals surface area contributed by atoms with Crippen LogP contribution in [0.3, 0.4) is 0 Å². The summed E-state index contributed by atoms with van der Waals surface area (Å²) in [5.41, 5.74) is 3.92. The minimum absolute atomic E-state index is 1.13. The van der Waals surface area contributed by atoms with Gasteiger partial charge in [0.25, 0.3) is 0 Å². The Bertz CT molecular complexity index is 512. The Morgan fingerprint density at radius 1 is 1.14 bits per heavy atom. The molecule has 0 atom stereocenters. The van der Waals surface area contributed by atoms with Crippen LogP contribution in [0, 0.1) is 0 Å². The largest absolute Gasteiger partial charge is 0.256 e. The third kappa shape index (κ3) is 1.06. The van der Waals surface area contributed by atoms with Crippen LogP contribution in [0.4, 0.5) is 0 Å². The van der Waals surface area contributed by atoms with E-state index < -0.39 is 0 Å². The molecule has 2 aromatic rings. The zero-order valence-corrected chi connectivity index (χ0v) is 7.90. The molecule has 0 unspecified atom stereocenters. The molecule has 0 radical (unpaired) electrons. The highest BCUT2D eigenvalue weighted by atomic mass is 14.6. The molecule has 1 aromatic heterocycles. The summed E-state index contributed by atoms with van der Waals surface area (Å²) in [6.07, 6.45) is 8.58. The van der Waals surface area contributed by atoms with Crippen LogP contribution in [0.5, 0.6) is 0 Å². The average Bonchev–Trinajstić information content (AvgIpc) is 2.29. The van der Waals surface area contributed by atoms with Crippen molar-refractivity contribution in [3.05, 3.63) is 47.7 Å². The first kappa shape index (κ1) is 7.74. The van der Waals surface area contributed by atoms with E-state index in [9.17, 15) is 0 Å². The van der Waals surface area contributed by atoms with Gasteiger partial charge in [-0.3, -0.25) is 4.98 Å². The molecule has 1 heterocycles. The van der Waals surface area contributed by atoms with Gasteiger partial charge in [-0.25, -0.2) is 0 Å². The maximum Gasteiger partial charge on any atom is 0.0739 e. The monoisotopic (exact) mass is 181 g/mol. The summed E-state index contributed by atoms with van der Waals surface area (Å²) in [6, 6.07) is 8.46.